The lowest BCUT2D eigenvalue weighted by Gasteiger charge is -2.03. The zero-order valence-electron chi connectivity index (χ0n) is 10.7. The average molecular weight is 267 g/mol. The van der Waals surface area contributed by atoms with E-state index in [1.54, 1.807) is 12.4 Å². The monoisotopic (exact) mass is 267 g/mol. The van der Waals surface area contributed by atoms with Gasteiger partial charge < -0.3 is 10.3 Å². The molecule has 6 nitrogen and oxygen atoms in total. The van der Waals surface area contributed by atoms with E-state index in [0.29, 0.717) is 11.6 Å². The Labute approximate surface area is 114 Å². The van der Waals surface area contributed by atoms with Crippen molar-refractivity contribution < 1.29 is 4.79 Å². The topological polar surface area (TPSA) is 86.5 Å². The van der Waals surface area contributed by atoms with Crippen molar-refractivity contribution in [3.63, 3.8) is 0 Å². The van der Waals surface area contributed by atoms with E-state index in [4.69, 9.17) is 0 Å². The van der Waals surface area contributed by atoms with Crippen LogP contribution >= 0.6 is 0 Å². The third kappa shape index (κ3) is 1.85. The smallest absolute Gasteiger partial charge is 0.253 e. The van der Waals surface area contributed by atoms with Gasteiger partial charge in [0, 0.05) is 41.1 Å². The summed E-state index contributed by atoms with van der Waals surface area (Å²) in [5, 5.41) is 10.6. The molecule has 0 atom stereocenters. The number of hydrogen-bond acceptors (Lipinski definition) is 3. The molecule has 3 heterocycles. The fraction of sp³-hybridized carbons (Fsp3) is 0.214. The van der Waals surface area contributed by atoms with Crippen LogP contribution in [0.15, 0.2) is 30.9 Å². The van der Waals surface area contributed by atoms with Gasteiger partial charge in [0.1, 0.15) is 5.65 Å². The van der Waals surface area contributed by atoms with E-state index in [-0.39, 0.29) is 5.91 Å². The number of amides is 1. The van der Waals surface area contributed by atoms with E-state index in [1.807, 2.05) is 18.5 Å². The van der Waals surface area contributed by atoms with Crippen molar-refractivity contribution >= 4 is 16.9 Å². The summed E-state index contributed by atoms with van der Waals surface area (Å²) in [5.41, 5.74) is 3.32. The molecule has 0 radical (unpaired) electrons. The molecule has 1 fully saturated rings. The van der Waals surface area contributed by atoms with Crippen LogP contribution in [-0.4, -0.2) is 32.1 Å². The van der Waals surface area contributed by atoms with Gasteiger partial charge in [-0.2, -0.15) is 5.10 Å². The fourth-order valence-corrected chi connectivity index (χ4v) is 2.26. The summed E-state index contributed by atoms with van der Waals surface area (Å²) in [7, 11) is 0. The molecule has 0 saturated heterocycles. The standard InChI is InChI=1S/C14H13N5O/c20-14(19-10-1-2-10)8-3-11-12(9-5-17-18-6-9)7-16-13(11)15-4-8/h3-7,10H,1-2H2,(H,15,16)(H,17,18)(H,19,20). The number of fused-ring (bicyclic) bond motifs is 1. The molecule has 1 aliphatic carbocycles. The number of hydrogen-bond donors (Lipinski definition) is 3. The fourth-order valence-electron chi connectivity index (χ4n) is 2.26. The Bertz CT molecular complexity index is 770. The Balaban J connectivity index is 1.77. The summed E-state index contributed by atoms with van der Waals surface area (Å²) in [6.07, 6.45) is 9.21. The lowest BCUT2D eigenvalue weighted by molar-refractivity contribution is 0.0951. The lowest BCUT2D eigenvalue weighted by Crippen LogP contribution is -2.25. The molecule has 3 aromatic rings. The van der Waals surface area contributed by atoms with Crippen LogP contribution in [-0.2, 0) is 0 Å². The van der Waals surface area contributed by atoms with Crippen LogP contribution in [0.4, 0.5) is 0 Å². The molecule has 0 aromatic carbocycles. The largest absolute Gasteiger partial charge is 0.349 e. The van der Waals surface area contributed by atoms with Gasteiger partial charge in [0.05, 0.1) is 11.8 Å². The van der Waals surface area contributed by atoms with Crippen LogP contribution in [0.1, 0.15) is 23.2 Å². The second-order valence-electron chi connectivity index (χ2n) is 5.06. The van der Waals surface area contributed by atoms with E-state index in [9.17, 15) is 4.79 Å². The quantitative estimate of drug-likeness (QED) is 0.676. The van der Waals surface area contributed by atoms with Gasteiger partial charge in [-0.1, -0.05) is 0 Å². The van der Waals surface area contributed by atoms with Gasteiger partial charge in [0.25, 0.3) is 5.91 Å². The molecule has 0 unspecified atom stereocenters. The summed E-state index contributed by atoms with van der Waals surface area (Å²) in [6, 6.07) is 2.22. The van der Waals surface area contributed by atoms with Crippen LogP contribution in [0.2, 0.25) is 0 Å². The molecule has 3 N–H and O–H groups in total. The number of aromatic amines is 2. The van der Waals surface area contributed by atoms with Gasteiger partial charge in [-0.05, 0) is 18.9 Å². The van der Waals surface area contributed by atoms with E-state index < -0.39 is 0 Å². The summed E-state index contributed by atoms with van der Waals surface area (Å²) in [6.45, 7) is 0. The molecule has 20 heavy (non-hydrogen) atoms. The first kappa shape index (κ1) is 11.2. The van der Waals surface area contributed by atoms with Gasteiger partial charge >= 0.3 is 0 Å². The predicted octanol–water partition coefficient (Wildman–Crippen LogP) is 1.85. The minimum Gasteiger partial charge on any atom is -0.349 e. The molecule has 1 amide bonds. The third-order valence-electron chi connectivity index (χ3n) is 3.52. The van der Waals surface area contributed by atoms with E-state index in [2.05, 4.69) is 25.5 Å². The molecule has 3 aromatic heterocycles. The highest BCUT2D eigenvalue weighted by molar-refractivity contribution is 6.01. The zero-order chi connectivity index (χ0) is 13.5. The number of H-pyrrole nitrogens is 2. The first-order valence-corrected chi connectivity index (χ1v) is 6.58. The lowest BCUT2D eigenvalue weighted by atomic mass is 10.1. The van der Waals surface area contributed by atoms with Gasteiger partial charge in [-0.3, -0.25) is 9.89 Å². The second-order valence-corrected chi connectivity index (χ2v) is 5.06. The molecule has 1 aliphatic rings. The third-order valence-corrected chi connectivity index (χ3v) is 3.52. The number of carbonyl (C=O) groups is 1. The van der Waals surface area contributed by atoms with Crippen molar-refractivity contribution in [2.75, 3.05) is 0 Å². The number of rotatable bonds is 3. The first-order valence-electron chi connectivity index (χ1n) is 6.58. The summed E-state index contributed by atoms with van der Waals surface area (Å²) < 4.78 is 0. The minimum atomic E-state index is -0.0544. The second kappa shape index (κ2) is 4.19. The van der Waals surface area contributed by atoms with E-state index in [1.165, 1.54) is 0 Å². The maximum absolute atomic E-state index is 12.1. The minimum absolute atomic E-state index is 0.0544. The van der Waals surface area contributed by atoms with Crippen LogP contribution in [0, 0.1) is 0 Å². The summed E-state index contributed by atoms with van der Waals surface area (Å²) >= 11 is 0. The van der Waals surface area contributed by atoms with Crippen LogP contribution < -0.4 is 5.32 Å². The normalized spacial score (nSPS) is 14.6. The van der Waals surface area contributed by atoms with Crippen LogP contribution in [0.3, 0.4) is 0 Å². The highest BCUT2D eigenvalue weighted by Crippen LogP contribution is 2.27. The molecule has 0 aliphatic heterocycles. The Morgan fingerprint density at radius 2 is 2.20 bits per heavy atom. The van der Waals surface area contributed by atoms with Crippen molar-refractivity contribution in [3.8, 4) is 11.1 Å². The Morgan fingerprint density at radius 3 is 2.95 bits per heavy atom. The van der Waals surface area contributed by atoms with Gasteiger partial charge in [-0.15, -0.1) is 0 Å². The van der Waals surface area contributed by atoms with Gasteiger partial charge in [-0.25, -0.2) is 4.98 Å². The number of nitrogens with zero attached hydrogens (tertiary/aromatic N) is 2. The zero-order valence-corrected chi connectivity index (χ0v) is 10.7. The molecular weight excluding hydrogens is 254 g/mol. The summed E-state index contributed by atoms with van der Waals surface area (Å²) in [4.78, 5) is 19.5. The Morgan fingerprint density at radius 1 is 1.30 bits per heavy atom. The molecule has 100 valence electrons. The number of carbonyl (C=O) groups excluding carboxylic acids is 1. The van der Waals surface area contributed by atoms with Crippen LogP contribution in [0.25, 0.3) is 22.2 Å². The number of pyridine rings is 1. The number of aromatic nitrogens is 4. The molecule has 0 spiro atoms. The van der Waals surface area contributed by atoms with Crippen molar-refractivity contribution in [2.24, 2.45) is 0 Å². The summed E-state index contributed by atoms with van der Waals surface area (Å²) in [5.74, 6) is -0.0544. The molecule has 4 rings (SSSR count). The van der Waals surface area contributed by atoms with Gasteiger partial charge in [0.15, 0.2) is 0 Å². The Kier molecular flexibility index (Phi) is 2.35. The highest BCUT2D eigenvalue weighted by atomic mass is 16.1. The highest BCUT2D eigenvalue weighted by Gasteiger charge is 2.24. The van der Waals surface area contributed by atoms with Crippen molar-refractivity contribution in [3.05, 3.63) is 36.4 Å². The Hall–Kier alpha value is -2.63. The maximum Gasteiger partial charge on any atom is 0.253 e. The van der Waals surface area contributed by atoms with Crippen molar-refractivity contribution in [1.29, 1.82) is 0 Å². The van der Waals surface area contributed by atoms with Crippen molar-refractivity contribution in [1.82, 2.24) is 25.5 Å². The van der Waals surface area contributed by atoms with Crippen molar-refractivity contribution in [2.45, 2.75) is 18.9 Å². The van der Waals surface area contributed by atoms with Gasteiger partial charge in [0.2, 0.25) is 0 Å². The molecular formula is C14H13N5O. The van der Waals surface area contributed by atoms with Crippen LogP contribution in [0.5, 0.6) is 0 Å². The number of nitrogens with one attached hydrogen (secondary N) is 3. The van der Waals surface area contributed by atoms with E-state index in [0.717, 1.165) is 35.0 Å². The molecule has 6 heteroatoms. The molecule has 0 bridgehead atoms. The molecule has 1 saturated carbocycles. The predicted molar refractivity (Wildman–Crippen MR) is 74.2 cm³/mol. The average Bonchev–Trinajstić information content (AvgIpc) is 2.97. The van der Waals surface area contributed by atoms with E-state index >= 15 is 0 Å². The SMILES string of the molecule is O=C(NC1CC1)c1cnc2[nH]cc(-c3cn[nH]c3)c2c1. The maximum atomic E-state index is 12.1. The first-order chi connectivity index (χ1) is 9.81.